The second-order valence-electron chi connectivity index (χ2n) is 6.69. The lowest BCUT2D eigenvalue weighted by Crippen LogP contribution is -2.36. The highest BCUT2D eigenvalue weighted by Gasteiger charge is 2.44. The van der Waals surface area contributed by atoms with Gasteiger partial charge in [-0.05, 0) is 37.7 Å². The highest BCUT2D eigenvalue weighted by atomic mass is 19.1. The number of rotatable bonds is 3. The van der Waals surface area contributed by atoms with Gasteiger partial charge in [0.2, 0.25) is 0 Å². The van der Waals surface area contributed by atoms with E-state index in [0.29, 0.717) is 12.2 Å². The zero-order chi connectivity index (χ0) is 15.9. The fourth-order valence-electron chi connectivity index (χ4n) is 3.87. The predicted octanol–water partition coefficient (Wildman–Crippen LogP) is 3.15. The van der Waals surface area contributed by atoms with E-state index in [4.69, 9.17) is 15.6 Å². The molecule has 3 rings (SSSR count). The summed E-state index contributed by atoms with van der Waals surface area (Å²) in [4.78, 5) is 11.1. The van der Waals surface area contributed by atoms with E-state index in [1.165, 1.54) is 0 Å². The van der Waals surface area contributed by atoms with Crippen molar-refractivity contribution in [3.63, 3.8) is 0 Å². The first-order valence-electron chi connectivity index (χ1n) is 7.83. The minimum absolute atomic E-state index is 0.0387. The smallest absolute Gasteiger partial charge is 0.306 e. The van der Waals surface area contributed by atoms with E-state index < -0.39 is 12.3 Å². The van der Waals surface area contributed by atoms with Crippen molar-refractivity contribution in [1.29, 1.82) is 0 Å². The number of alkyl halides is 1. The fraction of sp³-hybridized carbons (Fsp3) is 0.588. The van der Waals surface area contributed by atoms with Crippen molar-refractivity contribution in [2.75, 3.05) is 6.61 Å². The number of halogens is 1. The molecule has 2 atom stereocenters. The number of carboxylic acid groups (broad SMARTS) is 1. The van der Waals surface area contributed by atoms with E-state index in [0.717, 1.165) is 37.0 Å². The molecule has 1 saturated carbocycles. The molecule has 0 saturated heterocycles. The molecule has 1 aliphatic heterocycles. The first-order valence-corrected chi connectivity index (χ1v) is 7.83. The van der Waals surface area contributed by atoms with E-state index in [2.05, 4.69) is 0 Å². The Balaban J connectivity index is 1.78. The second-order valence-corrected chi connectivity index (χ2v) is 6.69. The number of fused-ring (bicyclic) bond motifs is 2. The summed E-state index contributed by atoms with van der Waals surface area (Å²) in [5, 5.41) is 9.16. The van der Waals surface area contributed by atoms with Gasteiger partial charge in [0.05, 0.1) is 12.5 Å². The minimum Gasteiger partial charge on any atom is -0.492 e. The Kier molecular flexibility index (Phi) is 3.85. The molecule has 1 aromatic rings. The Morgan fingerprint density at radius 1 is 1.45 bits per heavy atom. The van der Waals surface area contributed by atoms with E-state index in [9.17, 15) is 9.18 Å². The summed E-state index contributed by atoms with van der Waals surface area (Å²) < 4.78 is 19.0. The topological polar surface area (TPSA) is 72.5 Å². The maximum Gasteiger partial charge on any atom is 0.306 e. The molecule has 1 aromatic carbocycles. The summed E-state index contributed by atoms with van der Waals surface area (Å²) in [5.41, 5.74) is 6.80. The second kappa shape index (κ2) is 5.54. The lowest BCUT2D eigenvalue weighted by Gasteiger charge is -2.37. The van der Waals surface area contributed by atoms with Gasteiger partial charge in [0.1, 0.15) is 5.75 Å². The molecule has 1 aliphatic carbocycles. The van der Waals surface area contributed by atoms with Crippen LogP contribution < -0.4 is 10.5 Å². The largest absolute Gasteiger partial charge is 0.492 e. The summed E-state index contributed by atoms with van der Waals surface area (Å²) in [6.45, 7) is 2.39. The lowest BCUT2D eigenvalue weighted by molar-refractivity contribution is -0.143. The summed E-state index contributed by atoms with van der Waals surface area (Å²) in [6, 6.07) is 5.35. The van der Waals surface area contributed by atoms with E-state index in [-0.39, 0.29) is 17.3 Å². The Bertz CT molecular complexity index is 579. The minimum atomic E-state index is -1.49. The third kappa shape index (κ3) is 2.47. The average Bonchev–Trinajstić information content (AvgIpc) is 2.85. The molecule has 1 fully saturated rings. The van der Waals surface area contributed by atoms with E-state index >= 15 is 0 Å². The molecule has 2 aliphatic rings. The number of ether oxygens (including phenoxy) is 1. The normalized spacial score (nSPS) is 29.7. The molecule has 0 amide bonds. The van der Waals surface area contributed by atoms with Crippen LogP contribution in [0.25, 0.3) is 0 Å². The van der Waals surface area contributed by atoms with Gasteiger partial charge in [-0.25, -0.2) is 4.39 Å². The number of benzene rings is 1. The predicted molar refractivity (Wildman–Crippen MR) is 80.4 cm³/mol. The van der Waals surface area contributed by atoms with Crippen LogP contribution in [0.5, 0.6) is 5.75 Å². The van der Waals surface area contributed by atoms with Gasteiger partial charge >= 0.3 is 5.97 Å². The maximum atomic E-state index is 13.2. The van der Waals surface area contributed by atoms with Gasteiger partial charge in [0.25, 0.3) is 0 Å². The highest BCUT2D eigenvalue weighted by molar-refractivity contribution is 5.69. The van der Waals surface area contributed by atoms with Crippen molar-refractivity contribution in [1.82, 2.24) is 0 Å². The molecular weight excluding hydrogens is 285 g/mol. The van der Waals surface area contributed by atoms with Crippen molar-refractivity contribution in [3.8, 4) is 5.75 Å². The van der Waals surface area contributed by atoms with Crippen LogP contribution in [0, 0.1) is 11.8 Å². The van der Waals surface area contributed by atoms with Gasteiger partial charge in [-0.3, -0.25) is 10.5 Å². The first-order chi connectivity index (χ1) is 10.4. The van der Waals surface area contributed by atoms with Crippen molar-refractivity contribution in [2.24, 2.45) is 17.6 Å². The number of carbonyl (C=O) groups is 1. The molecule has 0 bridgehead atoms. The molecular formula is C17H22FNO3. The third-order valence-electron chi connectivity index (χ3n) is 5.48. The number of hydrogen-bond donors (Lipinski definition) is 2. The summed E-state index contributed by atoms with van der Waals surface area (Å²) in [5.74, 6) is -0.0577. The standard InChI is InChI=1S/C17H22FNO3/c1-10(16(20)21)11-4-6-17(7-5-11)9-22-14-8-12(15(18)19)2-3-13(14)17/h2-3,8,10-11,15H,4-7,9,19H2,1H3,(H,20,21)/t10-,11?,15?,17?/m0/s1. The number of hydrogen-bond acceptors (Lipinski definition) is 3. The van der Waals surface area contributed by atoms with Crippen LogP contribution in [0.3, 0.4) is 0 Å². The van der Waals surface area contributed by atoms with Crippen LogP contribution in [0.2, 0.25) is 0 Å². The maximum absolute atomic E-state index is 13.2. The zero-order valence-electron chi connectivity index (χ0n) is 12.7. The summed E-state index contributed by atoms with van der Waals surface area (Å²) >= 11 is 0. The van der Waals surface area contributed by atoms with Gasteiger partial charge in [-0.1, -0.05) is 19.1 Å². The van der Waals surface area contributed by atoms with Crippen LogP contribution in [0.15, 0.2) is 18.2 Å². The number of carboxylic acids is 1. The Labute approximate surface area is 129 Å². The Hall–Kier alpha value is -1.62. The highest BCUT2D eigenvalue weighted by Crippen LogP contribution is 2.50. The van der Waals surface area contributed by atoms with Gasteiger partial charge in [0.15, 0.2) is 6.30 Å². The van der Waals surface area contributed by atoms with Crippen molar-refractivity contribution >= 4 is 5.97 Å². The first kappa shape index (κ1) is 15.3. The molecule has 1 unspecified atom stereocenters. The van der Waals surface area contributed by atoms with Gasteiger partial charge < -0.3 is 9.84 Å². The van der Waals surface area contributed by atoms with Gasteiger partial charge in [-0.2, -0.15) is 0 Å². The molecule has 5 heteroatoms. The summed E-state index contributed by atoms with van der Waals surface area (Å²) in [6.07, 6.45) is 2.13. The van der Waals surface area contributed by atoms with Crippen LogP contribution in [0.1, 0.15) is 50.0 Å². The molecule has 3 N–H and O–H groups in total. The molecule has 1 spiro atoms. The van der Waals surface area contributed by atoms with Crippen molar-refractivity contribution < 1.29 is 19.0 Å². The quantitative estimate of drug-likeness (QED) is 0.841. The molecule has 22 heavy (non-hydrogen) atoms. The third-order valence-corrected chi connectivity index (χ3v) is 5.48. The molecule has 1 heterocycles. The fourth-order valence-corrected chi connectivity index (χ4v) is 3.87. The van der Waals surface area contributed by atoms with Gasteiger partial charge in [-0.15, -0.1) is 0 Å². The number of nitrogens with two attached hydrogens (primary N) is 1. The lowest BCUT2D eigenvalue weighted by atomic mass is 9.65. The average molecular weight is 307 g/mol. The van der Waals surface area contributed by atoms with E-state index in [1.54, 1.807) is 19.1 Å². The monoisotopic (exact) mass is 307 g/mol. The van der Waals surface area contributed by atoms with Gasteiger partial charge in [0, 0.05) is 16.5 Å². The molecule has 0 radical (unpaired) electrons. The van der Waals surface area contributed by atoms with Crippen LogP contribution in [0.4, 0.5) is 4.39 Å². The van der Waals surface area contributed by atoms with Crippen molar-refractivity contribution in [2.45, 2.75) is 44.3 Å². The van der Waals surface area contributed by atoms with Crippen LogP contribution in [-0.2, 0) is 10.2 Å². The van der Waals surface area contributed by atoms with Crippen LogP contribution >= 0.6 is 0 Å². The van der Waals surface area contributed by atoms with Crippen LogP contribution in [-0.4, -0.2) is 17.7 Å². The molecule has 0 aromatic heterocycles. The molecule has 4 nitrogen and oxygen atoms in total. The summed E-state index contributed by atoms with van der Waals surface area (Å²) in [7, 11) is 0. The SMILES string of the molecule is C[C@H](C(=O)O)C1CCC2(CC1)COc1cc(C(N)F)ccc12. The number of aliphatic carboxylic acids is 1. The zero-order valence-corrected chi connectivity index (χ0v) is 12.7. The van der Waals surface area contributed by atoms with Crippen molar-refractivity contribution in [3.05, 3.63) is 29.3 Å². The Morgan fingerprint density at radius 2 is 2.14 bits per heavy atom. The Morgan fingerprint density at radius 3 is 2.73 bits per heavy atom. The van der Waals surface area contributed by atoms with E-state index in [1.807, 2.05) is 6.07 Å². The molecule has 120 valence electrons.